The quantitative estimate of drug-likeness (QED) is 0.420. The lowest BCUT2D eigenvalue weighted by atomic mass is 10.0. The van der Waals surface area contributed by atoms with Gasteiger partial charge in [-0.1, -0.05) is 71.3 Å². The van der Waals surface area contributed by atoms with E-state index in [1.165, 1.54) is 69.1 Å². The van der Waals surface area contributed by atoms with E-state index < -0.39 is 0 Å². The molecule has 1 heterocycles. The second-order valence-electron chi connectivity index (χ2n) is 5.79. The van der Waals surface area contributed by atoms with Crippen LogP contribution in [0.15, 0.2) is 17.5 Å². The highest BCUT2D eigenvalue weighted by molar-refractivity contribution is 7.10. The molecule has 0 aromatic carbocycles. The molecule has 1 unspecified atom stereocenters. The Balaban J connectivity index is 2.10. The number of nitrogens with one attached hydrogen (secondary N) is 1. The predicted molar refractivity (Wildman–Crippen MR) is 92.6 cm³/mol. The van der Waals surface area contributed by atoms with Crippen LogP contribution in [0.25, 0.3) is 0 Å². The van der Waals surface area contributed by atoms with Crippen molar-refractivity contribution in [3.63, 3.8) is 0 Å². The van der Waals surface area contributed by atoms with Crippen LogP contribution in [0.5, 0.6) is 0 Å². The first-order valence-electron chi connectivity index (χ1n) is 8.65. The molecule has 0 saturated carbocycles. The van der Waals surface area contributed by atoms with Crippen molar-refractivity contribution in [3.8, 4) is 0 Å². The smallest absolute Gasteiger partial charge is 0.0414 e. The molecule has 2 heteroatoms. The van der Waals surface area contributed by atoms with E-state index in [1.54, 1.807) is 0 Å². The van der Waals surface area contributed by atoms with E-state index in [4.69, 9.17) is 0 Å². The van der Waals surface area contributed by atoms with Gasteiger partial charge in [0.1, 0.15) is 0 Å². The van der Waals surface area contributed by atoms with E-state index in [9.17, 15) is 0 Å². The highest BCUT2D eigenvalue weighted by atomic mass is 32.1. The molecular formula is C18H33NS. The lowest BCUT2D eigenvalue weighted by Crippen LogP contribution is -2.21. The van der Waals surface area contributed by atoms with Crippen molar-refractivity contribution in [1.29, 1.82) is 0 Å². The van der Waals surface area contributed by atoms with Crippen LogP contribution in [0.3, 0.4) is 0 Å². The maximum Gasteiger partial charge on any atom is 0.0414 e. The normalized spacial score (nSPS) is 12.7. The molecule has 1 atom stereocenters. The van der Waals surface area contributed by atoms with Crippen molar-refractivity contribution in [2.45, 2.75) is 84.1 Å². The Morgan fingerprint density at radius 2 is 1.65 bits per heavy atom. The van der Waals surface area contributed by atoms with Crippen LogP contribution >= 0.6 is 11.3 Å². The summed E-state index contributed by atoms with van der Waals surface area (Å²) in [4.78, 5) is 1.52. The maximum absolute atomic E-state index is 3.70. The zero-order valence-corrected chi connectivity index (χ0v) is 14.3. The first kappa shape index (κ1) is 17.7. The zero-order chi connectivity index (χ0) is 14.5. The molecular weight excluding hydrogens is 262 g/mol. The van der Waals surface area contributed by atoms with Gasteiger partial charge in [-0.3, -0.25) is 0 Å². The third kappa shape index (κ3) is 8.06. The summed E-state index contributed by atoms with van der Waals surface area (Å²) < 4.78 is 0. The van der Waals surface area contributed by atoms with Gasteiger partial charge >= 0.3 is 0 Å². The Bertz CT molecular complexity index is 294. The molecule has 0 aliphatic heterocycles. The fourth-order valence-corrected chi connectivity index (χ4v) is 3.47. The van der Waals surface area contributed by atoms with Gasteiger partial charge in [0, 0.05) is 10.9 Å². The zero-order valence-electron chi connectivity index (χ0n) is 13.5. The molecule has 1 N–H and O–H groups in total. The monoisotopic (exact) mass is 295 g/mol. The van der Waals surface area contributed by atoms with Crippen LogP contribution in [0.4, 0.5) is 0 Å². The van der Waals surface area contributed by atoms with Crippen molar-refractivity contribution in [2.24, 2.45) is 0 Å². The van der Waals surface area contributed by atoms with E-state index in [2.05, 4.69) is 36.7 Å². The van der Waals surface area contributed by atoms with Gasteiger partial charge in [-0.15, -0.1) is 11.3 Å². The Labute approximate surface area is 130 Å². The van der Waals surface area contributed by atoms with E-state index >= 15 is 0 Å². The molecule has 20 heavy (non-hydrogen) atoms. The summed E-state index contributed by atoms with van der Waals surface area (Å²) in [6.45, 7) is 5.67. The molecule has 0 aliphatic carbocycles. The number of hydrogen-bond acceptors (Lipinski definition) is 2. The predicted octanol–water partition coefficient (Wildman–Crippen LogP) is 6.32. The van der Waals surface area contributed by atoms with Gasteiger partial charge in [0.25, 0.3) is 0 Å². The van der Waals surface area contributed by atoms with Gasteiger partial charge in [-0.05, 0) is 30.8 Å². The van der Waals surface area contributed by atoms with Gasteiger partial charge in [0.05, 0.1) is 0 Å². The van der Waals surface area contributed by atoms with Crippen molar-refractivity contribution in [1.82, 2.24) is 5.32 Å². The van der Waals surface area contributed by atoms with Gasteiger partial charge in [0.15, 0.2) is 0 Å². The Morgan fingerprint density at radius 1 is 0.950 bits per heavy atom. The lowest BCUT2D eigenvalue weighted by molar-refractivity contribution is 0.470. The fourth-order valence-electron chi connectivity index (χ4n) is 2.64. The molecule has 1 nitrogen and oxygen atoms in total. The van der Waals surface area contributed by atoms with Crippen LogP contribution in [0.1, 0.15) is 89.0 Å². The molecule has 0 aliphatic rings. The third-order valence-corrected chi connectivity index (χ3v) is 4.86. The summed E-state index contributed by atoms with van der Waals surface area (Å²) in [6, 6.07) is 5.05. The SMILES string of the molecule is CCCCCCCCCCC(NCCC)c1cccs1. The molecule has 0 spiro atoms. The highest BCUT2D eigenvalue weighted by Crippen LogP contribution is 2.24. The second kappa shape index (κ2) is 12.4. The van der Waals surface area contributed by atoms with Gasteiger partial charge in [-0.25, -0.2) is 0 Å². The second-order valence-corrected chi connectivity index (χ2v) is 6.76. The van der Waals surface area contributed by atoms with Gasteiger partial charge < -0.3 is 5.32 Å². The van der Waals surface area contributed by atoms with Crippen LogP contribution in [0.2, 0.25) is 0 Å². The maximum atomic E-state index is 3.70. The Morgan fingerprint density at radius 3 is 2.25 bits per heavy atom. The molecule has 0 saturated heterocycles. The fraction of sp³-hybridized carbons (Fsp3) is 0.778. The minimum absolute atomic E-state index is 0.593. The van der Waals surface area contributed by atoms with Crippen molar-refractivity contribution < 1.29 is 0 Å². The third-order valence-electron chi connectivity index (χ3n) is 3.87. The van der Waals surface area contributed by atoms with Crippen molar-refractivity contribution in [2.75, 3.05) is 6.54 Å². The summed E-state index contributed by atoms with van der Waals surface area (Å²) in [5, 5.41) is 5.90. The molecule has 1 rings (SSSR count). The average Bonchev–Trinajstić information content (AvgIpc) is 2.99. The lowest BCUT2D eigenvalue weighted by Gasteiger charge is -2.17. The topological polar surface area (TPSA) is 12.0 Å². The average molecular weight is 296 g/mol. The van der Waals surface area contributed by atoms with Crippen LogP contribution in [-0.4, -0.2) is 6.54 Å². The van der Waals surface area contributed by atoms with Crippen LogP contribution in [0, 0.1) is 0 Å². The molecule has 0 amide bonds. The van der Waals surface area contributed by atoms with E-state index in [0.717, 1.165) is 6.54 Å². The summed E-state index contributed by atoms with van der Waals surface area (Å²) in [7, 11) is 0. The van der Waals surface area contributed by atoms with Gasteiger partial charge in [0.2, 0.25) is 0 Å². The molecule has 116 valence electrons. The minimum Gasteiger partial charge on any atom is -0.309 e. The van der Waals surface area contributed by atoms with E-state index in [0.29, 0.717) is 6.04 Å². The minimum atomic E-state index is 0.593. The first-order chi connectivity index (χ1) is 9.88. The van der Waals surface area contributed by atoms with Gasteiger partial charge in [-0.2, -0.15) is 0 Å². The molecule has 1 aromatic rings. The molecule has 1 aromatic heterocycles. The summed E-state index contributed by atoms with van der Waals surface area (Å²) in [5.74, 6) is 0. The number of thiophene rings is 1. The number of unbranched alkanes of at least 4 members (excludes halogenated alkanes) is 7. The van der Waals surface area contributed by atoms with Crippen molar-refractivity contribution in [3.05, 3.63) is 22.4 Å². The Kier molecular flexibility index (Phi) is 11.0. The summed E-state index contributed by atoms with van der Waals surface area (Å²) in [6.07, 6.45) is 13.8. The summed E-state index contributed by atoms with van der Waals surface area (Å²) in [5.41, 5.74) is 0. The number of hydrogen-bond donors (Lipinski definition) is 1. The number of rotatable bonds is 13. The molecule has 0 bridgehead atoms. The highest BCUT2D eigenvalue weighted by Gasteiger charge is 2.10. The van der Waals surface area contributed by atoms with E-state index in [-0.39, 0.29) is 0 Å². The van der Waals surface area contributed by atoms with Crippen molar-refractivity contribution >= 4 is 11.3 Å². The molecule has 0 fully saturated rings. The largest absolute Gasteiger partial charge is 0.309 e. The first-order valence-corrected chi connectivity index (χ1v) is 9.53. The van der Waals surface area contributed by atoms with Crippen LogP contribution < -0.4 is 5.32 Å². The summed E-state index contributed by atoms with van der Waals surface area (Å²) >= 11 is 1.90. The van der Waals surface area contributed by atoms with E-state index in [1.807, 2.05) is 11.3 Å². The van der Waals surface area contributed by atoms with Crippen LogP contribution in [-0.2, 0) is 0 Å². The Hall–Kier alpha value is -0.340. The standard InChI is InChI=1S/C18H33NS/c1-3-5-6-7-8-9-10-11-13-17(19-15-4-2)18-14-12-16-20-18/h12,14,16-17,19H,3-11,13,15H2,1-2H3. The molecule has 0 radical (unpaired) electrons.